The minimum atomic E-state index is -6.92. The topological polar surface area (TPSA) is 9.23 Å². The Balaban J connectivity index is 5.59. The van der Waals surface area contributed by atoms with Crippen molar-refractivity contribution < 1.29 is 61.8 Å². The molecule has 0 aliphatic heterocycles. The lowest BCUT2D eigenvalue weighted by atomic mass is 10.2. The summed E-state index contributed by atoms with van der Waals surface area (Å²) < 4.78 is 157. The second-order valence-electron chi connectivity index (χ2n) is 3.25. The van der Waals surface area contributed by atoms with Gasteiger partial charge in [-0.1, -0.05) is 0 Å². The van der Waals surface area contributed by atoms with Gasteiger partial charge in [-0.05, 0) is 0 Å². The molecule has 0 radical (unpaired) electrons. The van der Waals surface area contributed by atoms with Gasteiger partial charge in [0.15, 0.2) is 0 Å². The predicted molar refractivity (Wildman–Crippen MR) is 37.2 cm³/mol. The predicted octanol–water partition coefficient (Wildman–Crippen LogP) is 4.80. The first-order valence-corrected chi connectivity index (χ1v) is 4.19. The van der Waals surface area contributed by atoms with Gasteiger partial charge < -0.3 is 4.74 Å². The van der Waals surface area contributed by atoms with Crippen LogP contribution >= 0.6 is 0 Å². The highest BCUT2D eigenvalue weighted by Crippen LogP contribution is 2.48. The molecule has 0 spiro atoms. The molecule has 126 valence electrons. The van der Waals surface area contributed by atoms with Crippen LogP contribution in [0.1, 0.15) is 0 Å². The summed E-state index contributed by atoms with van der Waals surface area (Å²) in [7, 11) is 0. The van der Waals surface area contributed by atoms with Crippen molar-refractivity contribution in [1.82, 2.24) is 0 Å². The molecule has 0 bridgehead atoms. The Morgan fingerprint density at radius 3 is 1.19 bits per heavy atom. The monoisotopic (exact) mass is 348 g/mol. The first-order valence-electron chi connectivity index (χ1n) is 4.19. The Morgan fingerprint density at radius 2 is 0.952 bits per heavy atom. The summed E-state index contributed by atoms with van der Waals surface area (Å²) in [5.41, 5.74) is 0. The van der Waals surface area contributed by atoms with E-state index in [1.54, 1.807) is 0 Å². The van der Waals surface area contributed by atoms with E-state index in [2.05, 4.69) is 4.74 Å². The summed E-state index contributed by atoms with van der Waals surface area (Å²) in [6.45, 7) is 0. The average Bonchev–Trinajstić information content (AvgIpc) is 2.20. The highest BCUT2D eigenvalue weighted by atomic mass is 19.4. The molecular formula is C7HF13O. The van der Waals surface area contributed by atoms with E-state index in [0.29, 0.717) is 0 Å². The highest BCUT2D eigenvalue weighted by molar-refractivity contribution is 5.06. The molecule has 0 saturated heterocycles. The van der Waals surface area contributed by atoms with Crippen LogP contribution < -0.4 is 0 Å². The van der Waals surface area contributed by atoms with Crippen LogP contribution in [0.3, 0.4) is 0 Å². The normalized spacial score (nSPS) is 16.1. The van der Waals surface area contributed by atoms with E-state index in [-0.39, 0.29) is 0 Å². The lowest BCUT2D eigenvalue weighted by Crippen LogP contribution is -2.54. The number of rotatable bonds is 3. The van der Waals surface area contributed by atoms with Gasteiger partial charge in [-0.2, -0.15) is 52.7 Å². The summed E-state index contributed by atoms with van der Waals surface area (Å²) in [5.74, 6) is -17.0. The number of hydrogen-bond acceptors (Lipinski definition) is 1. The van der Waals surface area contributed by atoms with Crippen LogP contribution in [0.2, 0.25) is 0 Å². The van der Waals surface area contributed by atoms with Gasteiger partial charge in [0.1, 0.15) is 6.26 Å². The van der Waals surface area contributed by atoms with Gasteiger partial charge >= 0.3 is 30.3 Å². The molecular weight excluding hydrogens is 347 g/mol. The van der Waals surface area contributed by atoms with Crippen molar-refractivity contribution in [3.63, 3.8) is 0 Å². The van der Waals surface area contributed by atoms with E-state index in [0.717, 1.165) is 0 Å². The fourth-order valence-corrected chi connectivity index (χ4v) is 0.637. The van der Waals surface area contributed by atoms with Crippen molar-refractivity contribution in [2.75, 3.05) is 0 Å². The number of ether oxygens (including phenoxy) is 1. The second-order valence-corrected chi connectivity index (χ2v) is 3.25. The van der Waals surface area contributed by atoms with Gasteiger partial charge in [-0.15, -0.1) is 0 Å². The van der Waals surface area contributed by atoms with E-state index in [1.165, 1.54) is 0 Å². The maximum absolute atomic E-state index is 12.6. The molecule has 0 fully saturated rings. The molecule has 0 aromatic heterocycles. The van der Waals surface area contributed by atoms with Gasteiger partial charge in [0.05, 0.1) is 0 Å². The van der Waals surface area contributed by atoms with Crippen LogP contribution in [0.15, 0.2) is 12.1 Å². The molecule has 0 amide bonds. The molecule has 0 aliphatic rings. The maximum atomic E-state index is 12.6. The number of hydrogen-bond donors (Lipinski definition) is 0. The molecule has 0 heterocycles. The standard InChI is InChI=1S/C7HF13O/c8-2(3(9,10)5(12,13)14)1-21-4(11,6(15,16)17)7(18,19)20/h1H. The Labute approximate surface area is 106 Å². The number of allylic oxidation sites excluding steroid dienone is 1. The Bertz CT molecular complexity index is 382. The fraction of sp³-hybridized carbons (Fsp3) is 0.714. The van der Waals surface area contributed by atoms with E-state index in [9.17, 15) is 57.1 Å². The van der Waals surface area contributed by atoms with Gasteiger partial charge in [-0.3, -0.25) is 0 Å². The van der Waals surface area contributed by atoms with Crippen molar-refractivity contribution in [3.05, 3.63) is 12.1 Å². The molecule has 14 heteroatoms. The Morgan fingerprint density at radius 1 is 0.619 bits per heavy atom. The van der Waals surface area contributed by atoms with Crippen LogP contribution in [-0.2, 0) is 4.74 Å². The molecule has 0 saturated carbocycles. The molecule has 0 aliphatic carbocycles. The summed E-state index contributed by atoms with van der Waals surface area (Å²) in [6, 6.07) is 0. The Hall–Kier alpha value is -1.37. The smallest absolute Gasteiger partial charge is 0.448 e. The molecule has 0 aromatic carbocycles. The summed E-state index contributed by atoms with van der Waals surface area (Å²) in [5, 5.41) is 0. The maximum Gasteiger partial charge on any atom is 0.470 e. The van der Waals surface area contributed by atoms with Crippen molar-refractivity contribution in [1.29, 1.82) is 0 Å². The third-order valence-electron chi connectivity index (χ3n) is 1.71. The van der Waals surface area contributed by atoms with Gasteiger partial charge in [0.2, 0.25) is 5.83 Å². The van der Waals surface area contributed by atoms with Crippen molar-refractivity contribution in [2.45, 2.75) is 30.3 Å². The zero-order chi connectivity index (χ0) is 17.5. The van der Waals surface area contributed by atoms with E-state index in [1.807, 2.05) is 0 Å². The van der Waals surface area contributed by atoms with Crippen molar-refractivity contribution in [2.24, 2.45) is 0 Å². The van der Waals surface area contributed by atoms with E-state index < -0.39 is 42.4 Å². The largest absolute Gasteiger partial charge is 0.470 e. The summed E-state index contributed by atoms with van der Waals surface area (Å²) in [4.78, 5) is 0. The number of halogens is 13. The lowest BCUT2D eigenvalue weighted by molar-refractivity contribution is -0.418. The summed E-state index contributed by atoms with van der Waals surface area (Å²) in [6.07, 6.45) is -22.5. The van der Waals surface area contributed by atoms with E-state index >= 15 is 0 Å². The van der Waals surface area contributed by atoms with Crippen molar-refractivity contribution >= 4 is 0 Å². The first kappa shape index (κ1) is 19.6. The SMILES string of the molecule is FC(=COC(F)(C(F)(F)F)C(F)(F)F)C(F)(F)C(F)(F)F. The van der Waals surface area contributed by atoms with Gasteiger partial charge in [0, 0.05) is 0 Å². The lowest BCUT2D eigenvalue weighted by Gasteiger charge is -2.28. The Kier molecular flexibility index (Phi) is 4.79. The van der Waals surface area contributed by atoms with Crippen LogP contribution in [0.5, 0.6) is 0 Å². The molecule has 0 aromatic rings. The quantitative estimate of drug-likeness (QED) is 0.526. The minimum absolute atomic E-state index is 1.94. The van der Waals surface area contributed by atoms with Gasteiger partial charge in [-0.25, -0.2) is 4.39 Å². The van der Waals surface area contributed by atoms with Crippen LogP contribution in [0, 0.1) is 0 Å². The van der Waals surface area contributed by atoms with Crippen LogP contribution in [-0.4, -0.2) is 30.3 Å². The zero-order valence-electron chi connectivity index (χ0n) is 8.90. The zero-order valence-corrected chi connectivity index (χ0v) is 8.90. The first-order chi connectivity index (χ1) is 8.88. The third kappa shape index (κ3) is 3.64. The van der Waals surface area contributed by atoms with Crippen molar-refractivity contribution in [3.8, 4) is 0 Å². The highest BCUT2D eigenvalue weighted by Gasteiger charge is 2.76. The second kappa shape index (κ2) is 5.12. The molecule has 0 unspecified atom stereocenters. The molecule has 21 heavy (non-hydrogen) atoms. The summed E-state index contributed by atoms with van der Waals surface area (Å²) >= 11 is 0. The molecule has 0 rings (SSSR count). The number of alkyl halides is 12. The molecule has 0 atom stereocenters. The van der Waals surface area contributed by atoms with Crippen LogP contribution in [0.25, 0.3) is 0 Å². The fourth-order valence-electron chi connectivity index (χ4n) is 0.637. The van der Waals surface area contributed by atoms with Gasteiger partial charge in [0.25, 0.3) is 0 Å². The minimum Gasteiger partial charge on any atom is -0.448 e. The molecule has 0 N–H and O–H groups in total. The molecule has 1 nitrogen and oxygen atoms in total. The van der Waals surface area contributed by atoms with Crippen LogP contribution in [0.4, 0.5) is 57.1 Å². The third-order valence-corrected chi connectivity index (χ3v) is 1.71. The van der Waals surface area contributed by atoms with E-state index in [4.69, 9.17) is 0 Å². The average molecular weight is 348 g/mol.